The molecule has 0 N–H and O–H groups in total. The van der Waals surface area contributed by atoms with Crippen LogP contribution in [0.25, 0.3) is 0 Å². The summed E-state index contributed by atoms with van der Waals surface area (Å²) in [5.74, 6) is -0.765. The highest BCUT2D eigenvalue weighted by Gasteiger charge is 2.25. The van der Waals surface area contributed by atoms with E-state index in [0.29, 0.717) is 0 Å². The normalized spacial score (nSPS) is 11.9. The summed E-state index contributed by atoms with van der Waals surface area (Å²) in [7, 11) is 0.694. The van der Waals surface area contributed by atoms with E-state index in [1.807, 2.05) is 0 Å². The van der Waals surface area contributed by atoms with Gasteiger partial charge in [0.15, 0.2) is 5.75 Å². The first-order valence-corrected chi connectivity index (χ1v) is 6.67. The van der Waals surface area contributed by atoms with E-state index < -0.39 is 26.3 Å². The molecule has 0 atom stereocenters. The van der Waals surface area contributed by atoms with Crippen LogP contribution in [0.5, 0.6) is 5.75 Å². The van der Waals surface area contributed by atoms with E-state index in [-0.39, 0.29) is 10.0 Å². The topological polar surface area (TPSA) is 43.4 Å². The molecular formula is C7H3Cl3F2O3S. The lowest BCUT2D eigenvalue weighted by molar-refractivity contribution is -0.0516. The molecule has 1 rings (SSSR count). The van der Waals surface area contributed by atoms with Gasteiger partial charge in [-0.1, -0.05) is 23.2 Å². The molecule has 90 valence electrons. The Bertz CT molecular complexity index is 504. The summed E-state index contributed by atoms with van der Waals surface area (Å²) in [6.45, 7) is -3.24. The van der Waals surface area contributed by atoms with Crippen LogP contribution in [0.15, 0.2) is 17.0 Å². The molecule has 16 heavy (non-hydrogen) atoms. The van der Waals surface area contributed by atoms with Crippen molar-refractivity contribution in [2.75, 3.05) is 0 Å². The molecule has 0 saturated carbocycles. The zero-order valence-electron chi connectivity index (χ0n) is 7.25. The minimum Gasteiger partial charge on any atom is -0.432 e. The van der Waals surface area contributed by atoms with Crippen molar-refractivity contribution in [2.24, 2.45) is 0 Å². The predicted octanol–water partition coefficient (Wildman–Crippen LogP) is 3.52. The molecular weight excluding hydrogens is 308 g/mol. The molecule has 0 aromatic heterocycles. The number of halogens is 5. The van der Waals surface area contributed by atoms with Gasteiger partial charge in [0.05, 0.1) is 10.0 Å². The zero-order valence-corrected chi connectivity index (χ0v) is 10.3. The smallest absolute Gasteiger partial charge is 0.387 e. The first kappa shape index (κ1) is 13.8. The Balaban J connectivity index is 3.50. The third-order valence-corrected chi connectivity index (χ3v) is 3.55. The highest BCUT2D eigenvalue weighted by Crippen LogP contribution is 2.39. The molecule has 9 heteroatoms. The van der Waals surface area contributed by atoms with E-state index in [1.54, 1.807) is 0 Å². The van der Waals surface area contributed by atoms with Crippen molar-refractivity contribution in [2.45, 2.75) is 11.5 Å². The van der Waals surface area contributed by atoms with Crippen LogP contribution in [-0.4, -0.2) is 15.0 Å². The maximum absolute atomic E-state index is 12.0. The summed E-state index contributed by atoms with van der Waals surface area (Å²) in [4.78, 5) is -0.774. The lowest BCUT2D eigenvalue weighted by Crippen LogP contribution is -2.06. The Morgan fingerprint density at radius 3 is 2.12 bits per heavy atom. The number of ether oxygens (including phenoxy) is 1. The van der Waals surface area contributed by atoms with Gasteiger partial charge in [-0.15, -0.1) is 0 Å². The van der Waals surface area contributed by atoms with E-state index in [1.165, 1.54) is 0 Å². The Labute approximate surface area is 104 Å². The molecule has 0 unspecified atom stereocenters. The van der Waals surface area contributed by atoms with Crippen molar-refractivity contribution in [1.29, 1.82) is 0 Å². The van der Waals surface area contributed by atoms with E-state index in [0.717, 1.165) is 12.1 Å². The van der Waals surface area contributed by atoms with Crippen LogP contribution in [-0.2, 0) is 9.05 Å². The van der Waals surface area contributed by atoms with Gasteiger partial charge < -0.3 is 4.74 Å². The van der Waals surface area contributed by atoms with Crippen LogP contribution in [0.2, 0.25) is 10.0 Å². The molecule has 0 aliphatic carbocycles. The van der Waals surface area contributed by atoms with Gasteiger partial charge in [0.2, 0.25) is 0 Å². The summed E-state index contributed by atoms with van der Waals surface area (Å²) in [5.41, 5.74) is 0. The molecule has 0 amide bonds. The standard InChI is InChI=1S/C7H3Cl3F2O3S/c8-3-1-2-4(9)6(16(10,13)14)5(3)15-7(11)12/h1-2,7H. The second kappa shape index (κ2) is 4.91. The van der Waals surface area contributed by atoms with Gasteiger partial charge >= 0.3 is 6.61 Å². The van der Waals surface area contributed by atoms with Crippen LogP contribution in [0.1, 0.15) is 0 Å². The Morgan fingerprint density at radius 2 is 1.69 bits per heavy atom. The van der Waals surface area contributed by atoms with Crippen LogP contribution < -0.4 is 4.74 Å². The average molecular weight is 312 g/mol. The largest absolute Gasteiger partial charge is 0.432 e. The van der Waals surface area contributed by atoms with Gasteiger partial charge in [-0.3, -0.25) is 0 Å². The number of rotatable bonds is 3. The monoisotopic (exact) mass is 310 g/mol. The lowest BCUT2D eigenvalue weighted by Gasteiger charge is -2.11. The first-order chi connectivity index (χ1) is 7.23. The lowest BCUT2D eigenvalue weighted by atomic mass is 10.3. The molecule has 0 aliphatic heterocycles. The van der Waals surface area contributed by atoms with Crippen molar-refractivity contribution in [1.82, 2.24) is 0 Å². The van der Waals surface area contributed by atoms with Gasteiger partial charge in [-0.25, -0.2) is 8.42 Å². The second-order valence-electron chi connectivity index (χ2n) is 2.50. The number of hydrogen-bond donors (Lipinski definition) is 0. The molecule has 3 nitrogen and oxygen atoms in total. The van der Waals surface area contributed by atoms with E-state index in [2.05, 4.69) is 4.74 Å². The van der Waals surface area contributed by atoms with Crippen LogP contribution in [0.4, 0.5) is 8.78 Å². The van der Waals surface area contributed by atoms with Gasteiger partial charge in [0.25, 0.3) is 9.05 Å². The van der Waals surface area contributed by atoms with Gasteiger partial charge in [0.1, 0.15) is 4.90 Å². The fourth-order valence-electron chi connectivity index (χ4n) is 0.941. The van der Waals surface area contributed by atoms with Crippen LogP contribution in [0.3, 0.4) is 0 Å². The van der Waals surface area contributed by atoms with E-state index in [9.17, 15) is 17.2 Å². The summed E-state index contributed by atoms with van der Waals surface area (Å²) in [6, 6.07) is 2.23. The highest BCUT2D eigenvalue weighted by atomic mass is 35.7. The maximum atomic E-state index is 12.0. The quantitative estimate of drug-likeness (QED) is 0.802. The summed E-state index contributed by atoms with van der Waals surface area (Å²) in [5, 5.41) is -0.682. The van der Waals surface area contributed by atoms with Gasteiger partial charge in [-0.05, 0) is 12.1 Å². The van der Waals surface area contributed by atoms with Crippen LogP contribution in [0, 0.1) is 0 Å². The summed E-state index contributed by atoms with van der Waals surface area (Å²) < 4.78 is 50.3. The summed E-state index contributed by atoms with van der Waals surface area (Å²) >= 11 is 11.0. The second-order valence-corrected chi connectivity index (χ2v) is 5.82. The molecule has 0 bridgehead atoms. The third kappa shape index (κ3) is 3.10. The number of alkyl halides is 2. The van der Waals surface area contributed by atoms with Crippen molar-refractivity contribution in [3.05, 3.63) is 22.2 Å². The molecule has 1 aromatic carbocycles. The van der Waals surface area contributed by atoms with Crippen LogP contribution >= 0.6 is 33.9 Å². The molecule has 0 aliphatic rings. The molecule has 0 radical (unpaired) electrons. The molecule has 0 fully saturated rings. The average Bonchev–Trinajstić information content (AvgIpc) is 2.08. The number of benzene rings is 1. The first-order valence-electron chi connectivity index (χ1n) is 3.61. The fourth-order valence-corrected chi connectivity index (χ4v) is 2.91. The minimum absolute atomic E-state index is 0.330. The van der Waals surface area contributed by atoms with Crippen molar-refractivity contribution in [3.8, 4) is 5.75 Å². The van der Waals surface area contributed by atoms with E-state index >= 15 is 0 Å². The zero-order chi connectivity index (χ0) is 12.5. The predicted molar refractivity (Wildman–Crippen MR) is 56.1 cm³/mol. The Kier molecular flexibility index (Phi) is 4.23. The number of hydrogen-bond acceptors (Lipinski definition) is 3. The Morgan fingerprint density at radius 1 is 1.19 bits per heavy atom. The van der Waals surface area contributed by atoms with Gasteiger partial charge in [-0.2, -0.15) is 8.78 Å². The molecule has 0 saturated heterocycles. The molecule has 0 heterocycles. The fraction of sp³-hybridized carbons (Fsp3) is 0.143. The summed E-state index contributed by atoms with van der Waals surface area (Å²) in [6.07, 6.45) is 0. The SMILES string of the molecule is O=S(=O)(Cl)c1c(Cl)ccc(Cl)c1OC(F)F. The molecule has 0 spiro atoms. The highest BCUT2D eigenvalue weighted by molar-refractivity contribution is 8.14. The van der Waals surface area contributed by atoms with Gasteiger partial charge in [0, 0.05) is 10.7 Å². The maximum Gasteiger partial charge on any atom is 0.387 e. The van der Waals surface area contributed by atoms with Crippen molar-refractivity contribution in [3.63, 3.8) is 0 Å². The third-order valence-electron chi connectivity index (χ3n) is 1.47. The van der Waals surface area contributed by atoms with E-state index in [4.69, 9.17) is 33.9 Å². The Hall–Kier alpha value is -0.300. The molecule has 1 aromatic rings. The minimum atomic E-state index is -4.33. The van der Waals surface area contributed by atoms with Crippen molar-refractivity contribution >= 4 is 42.9 Å². The van der Waals surface area contributed by atoms with Crippen molar-refractivity contribution < 1.29 is 21.9 Å².